The number of rotatable bonds is 9. The van der Waals surface area contributed by atoms with Crippen molar-refractivity contribution in [2.75, 3.05) is 13.1 Å². The van der Waals surface area contributed by atoms with Crippen LogP contribution in [-0.2, 0) is 14.8 Å². The van der Waals surface area contributed by atoms with Gasteiger partial charge in [0.2, 0.25) is 10.0 Å². The SMILES string of the molecule is CC(CCNS(=O)(=O)c1ccccc1)NC(=O)NCCC(=O)O. The van der Waals surface area contributed by atoms with Crippen LogP contribution in [-0.4, -0.2) is 44.7 Å². The van der Waals surface area contributed by atoms with E-state index in [0.29, 0.717) is 6.42 Å². The third-order valence-electron chi connectivity index (χ3n) is 2.92. The van der Waals surface area contributed by atoms with E-state index in [1.54, 1.807) is 25.1 Å². The molecule has 0 spiro atoms. The zero-order valence-electron chi connectivity index (χ0n) is 12.8. The Bertz CT molecular complexity index is 619. The molecular weight excluding hydrogens is 322 g/mol. The molecule has 0 saturated heterocycles. The number of carboxylic acids is 1. The third-order valence-corrected chi connectivity index (χ3v) is 4.40. The summed E-state index contributed by atoms with van der Waals surface area (Å²) in [6, 6.07) is 7.26. The van der Waals surface area contributed by atoms with E-state index in [-0.39, 0.29) is 30.4 Å². The van der Waals surface area contributed by atoms with Crippen LogP contribution in [0.25, 0.3) is 0 Å². The minimum Gasteiger partial charge on any atom is -0.481 e. The molecule has 8 nitrogen and oxygen atoms in total. The summed E-state index contributed by atoms with van der Waals surface area (Å²) in [5, 5.41) is 13.5. The molecule has 128 valence electrons. The molecule has 1 unspecified atom stereocenters. The molecule has 9 heteroatoms. The van der Waals surface area contributed by atoms with Gasteiger partial charge in [-0.25, -0.2) is 17.9 Å². The van der Waals surface area contributed by atoms with Crippen molar-refractivity contribution in [2.45, 2.75) is 30.7 Å². The van der Waals surface area contributed by atoms with E-state index >= 15 is 0 Å². The van der Waals surface area contributed by atoms with Crippen LogP contribution < -0.4 is 15.4 Å². The molecule has 0 radical (unpaired) electrons. The molecule has 1 atom stereocenters. The summed E-state index contributed by atoms with van der Waals surface area (Å²) in [4.78, 5) is 22.0. The first-order chi connectivity index (χ1) is 10.8. The van der Waals surface area contributed by atoms with E-state index in [4.69, 9.17) is 5.11 Å². The van der Waals surface area contributed by atoms with Crippen LogP contribution in [0.3, 0.4) is 0 Å². The van der Waals surface area contributed by atoms with Gasteiger partial charge in [0.15, 0.2) is 0 Å². The number of amides is 2. The normalized spacial score (nSPS) is 12.4. The van der Waals surface area contributed by atoms with Gasteiger partial charge in [-0.05, 0) is 25.5 Å². The zero-order chi connectivity index (χ0) is 17.3. The van der Waals surface area contributed by atoms with Gasteiger partial charge in [-0.15, -0.1) is 0 Å². The quantitative estimate of drug-likeness (QED) is 0.520. The Balaban J connectivity index is 2.29. The Morgan fingerprint density at radius 2 is 1.83 bits per heavy atom. The number of hydrogen-bond donors (Lipinski definition) is 4. The van der Waals surface area contributed by atoms with Crippen LogP contribution in [0.4, 0.5) is 4.79 Å². The van der Waals surface area contributed by atoms with E-state index < -0.39 is 22.0 Å². The van der Waals surface area contributed by atoms with E-state index in [1.807, 2.05) is 0 Å². The molecule has 2 amide bonds. The van der Waals surface area contributed by atoms with Gasteiger partial charge in [0, 0.05) is 19.1 Å². The maximum Gasteiger partial charge on any atom is 0.315 e. The summed E-state index contributed by atoms with van der Waals surface area (Å²) in [7, 11) is -3.55. The Labute approximate surface area is 135 Å². The number of aliphatic carboxylic acids is 1. The number of carboxylic acid groups (broad SMARTS) is 1. The fraction of sp³-hybridized carbons (Fsp3) is 0.429. The molecule has 23 heavy (non-hydrogen) atoms. The van der Waals surface area contributed by atoms with Crippen LogP contribution in [0.1, 0.15) is 19.8 Å². The van der Waals surface area contributed by atoms with Gasteiger partial charge in [0.25, 0.3) is 0 Å². The first-order valence-corrected chi connectivity index (χ1v) is 8.60. The summed E-state index contributed by atoms with van der Waals surface area (Å²) in [6.07, 6.45) is 0.247. The van der Waals surface area contributed by atoms with Crippen molar-refractivity contribution in [3.63, 3.8) is 0 Å². The largest absolute Gasteiger partial charge is 0.481 e. The molecule has 4 N–H and O–H groups in total. The fourth-order valence-corrected chi connectivity index (χ4v) is 2.79. The molecule has 1 aromatic carbocycles. The predicted octanol–water partition coefficient (Wildman–Crippen LogP) is 0.517. The maximum absolute atomic E-state index is 12.0. The molecule has 0 saturated carbocycles. The summed E-state index contributed by atoms with van der Waals surface area (Å²) in [6.45, 7) is 1.94. The Kier molecular flexibility index (Phi) is 7.49. The summed E-state index contributed by atoms with van der Waals surface area (Å²) in [5.74, 6) is -0.992. The highest BCUT2D eigenvalue weighted by molar-refractivity contribution is 7.89. The number of carbonyl (C=O) groups is 2. The molecule has 0 aliphatic carbocycles. The molecule has 1 rings (SSSR count). The van der Waals surface area contributed by atoms with E-state index in [1.165, 1.54) is 12.1 Å². The number of carbonyl (C=O) groups excluding carboxylic acids is 1. The topological polar surface area (TPSA) is 125 Å². The van der Waals surface area contributed by atoms with Crippen molar-refractivity contribution >= 4 is 22.0 Å². The van der Waals surface area contributed by atoms with Gasteiger partial charge in [0.1, 0.15) is 0 Å². The second-order valence-electron chi connectivity index (χ2n) is 4.94. The standard InChI is InChI=1S/C14H21N3O5S/c1-11(17-14(20)15-9-8-13(18)19)7-10-16-23(21,22)12-5-3-2-4-6-12/h2-6,11,16H,7-10H2,1H3,(H,18,19)(H2,15,17,20). The van der Waals surface area contributed by atoms with Gasteiger partial charge in [-0.1, -0.05) is 18.2 Å². The molecule has 0 aromatic heterocycles. The van der Waals surface area contributed by atoms with Crippen LogP contribution >= 0.6 is 0 Å². The van der Waals surface area contributed by atoms with Gasteiger partial charge in [-0.3, -0.25) is 4.79 Å². The van der Waals surface area contributed by atoms with Crippen LogP contribution in [0.2, 0.25) is 0 Å². The molecular formula is C14H21N3O5S. The van der Waals surface area contributed by atoms with Crippen molar-refractivity contribution in [2.24, 2.45) is 0 Å². The van der Waals surface area contributed by atoms with E-state index in [9.17, 15) is 18.0 Å². The van der Waals surface area contributed by atoms with Crippen molar-refractivity contribution in [3.8, 4) is 0 Å². The molecule has 1 aromatic rings. The van der Waals surface area contributed by atoms with Crippen molar-refractivity contribution in [3.05, 3.63) is 30.3 Å². The average Bonchev–Trinajstić information content (AvgIpc) is 2.47. The zero-order valence-corrected chi connectivity index (χ0v) is 13.6. The van der Waals surface area contributed by atoms with Crippen molar-refractivity contribution < 1.29 is 23.1 Å². The molecule has 0 aliphatic heterocycles. The van der Waals surface area contributed by atoms with Gasteiger partial charge in [0.05, 0.1) is 11.3 Å². The monoisotopic (exact) mass is 343 g/mol. The molecule has 0 fully saturated rings. The van der Waals surface area contributed by atoms with E-state index in [2.05, 4.69) is 15.4 Å². The lowest BCUT2D eigenvalue weighted by atomic mass is 10.2. The lowest BCUT2D eigenvalue weighted by molar-refractivity contribution is -0.136. The lowest BCUT2D eigenvalue weighted by Crippen LogP contribution is -2.42. The summed E-state index contributed by atoms with van der Waals surface area (Å²) in [5.41, 5.74) is 0. The fourth-order valence-electron chi connectivity index (χ4n) is 1.72. The second kappa shape index (κ2) is 9.11. The number of nitrogens with one attached hydrogen (secondary N) is 3. The van der Waals surface area contributed by atoms with Gasteiger partial charge < -0.3 is 15.7 Å². The van der Waals surface area contributed by atoms with Crippen molar-refractivity contribution in [1.82, 2.24) is 15.4 Å². The highest BCUT2D eigenvalue weighted by Gasteiger charge is 2.14. The van der Waals surface area contributed by atoms with Gasteiger partial charge in [-0.2, -0.15) is 0 Å². The Morgan fingerprint density at radius 1 is 1.17 bits per heavy atom. The Morgan fingerprint density at radius 3 is 2.43 bits per heavy atom. The predicted molar refractivity (Wildman–Crippen MR) is 84.5 cm³/mol. The average molecular weight is 343 g/mol. The summed E-state index contributed by atoms with van der Waals surface area (Å²) >= 11 is 0. The van der Waals surface area contributed by atoms with Crippen LogP contribution in [0.15, 0.2) is 35.2 Å². The number of hydrogen-bond acceptors (Lipinski definition) is 4. The summed E-state index contributed by atoms with van der Waals surface area (Å²) < 4.78 is 26.4. The maximum atomic E-state index is 12.0. The molecule has 0 heterocycles. The number of benzene rings is 1. The first kappa shape index (κ1) is 18.9. The van der Waals surface area contributed by atoms with Crippen LogP contribution in [0, 0.1) is 0 Å². The minimum absolute atomic E-state index is 0.0362. The second-order valence-corrected chi connectivity index (χ2v) is 6.71. The minimum atomic E-state index is -3.55. The highest BCUT2D eigenvalue weighted by atomic mass is 32.2. The number of sulfonamides is 1. The number of urea groups is 1. The van der Waals surface area contributed by atoms with Gasteiger partial charge >= 0.3 is 12.0 Å². The highest BCUT2D eigenvalue weighted by Crippen LogP contribution is 2.06. The molecule has 0 bridgehead atoms. The first-order valence-electron chi connectivity index (χ1n) is 7.12. The molecule has 0 aliphatic rings. The van der Waals surface area contributed by atoms with Crippen LogP contribution in [0.5, 0.6) is 0 Å². The van der Waals surface area contributed by atoms with E-state index in [0.717, 1.165) is 0 Å². The Hall–Kier alpha value is -2.13. The smallest absolute Gasteiger partial charge is 0.315 e. The lowest BCUT2D eigenvalue weighted by Gasteiger charge is -2.15. The van der Waals surface area contributed by atoms with Crippen molar-refractivity contribution in [1.29, 1.82) is 0 Å². The third kappa shape index (κ3) is 7.61.